The summed E-state index contributed by atoms with van der Waals surface area (Å²) in [6.45, 7) is 18.1. The Bertz CT molecular complexity index is 1050. The molecule has 11 nitrogen and oxygen atoms in total. The lowest BCUT2D eigenvalue weighted by molar-refractivity contribution is -0.158. The summed E-state index contributed by atoms with van der Waals surface area (Å²) in [4.78, 5) is 49.0. The first kappa shape index (κ1) is 34.7. The molecule has 0 heterocycles. The zero-order valence-corrected chi connectivity index (χ0v) is 25.3. The lowest BCUT2D eigenvalue weighted by Crippen LogP contribution is -2.39. The molecule has 0 aromatic heterocycles. The molecule has 3 atom stereocenters. The monoisotopic (exact) mass is 567 g/mol. The van der Waals surface area contributed by atoms with E-state index in [0.29, 0.717) is 5.56 Å². The molecular formula is C29H45NO10. The van der Waals surface area contributed by atoms with Crippen molar-refractivity contribution >= 4 is 24.2 Å². The average molecular weight is 568 g/mol. The summed E-state index contributed by atoms with van der Waals surface area (Å²) in [7, 11) is 0. The first-order chi connectivity index (χ1) is 18.1. The summed E-state index contributed by atoms with van der Waals surface area (Å²) in [5, 5.41) is 9.67. The first-order valence-corrected chi connectivity index (χ1v) is 13.1. The molecule has 0 aliphatic carbocycles. The Morgan fingerprint density at radius 1 is 0.825 bits per heavy atom. The van der Waals surface area contributed by atoms with E-state index < -0.39 is 47.7 Å². The first-order valence-electron chi connectivity index (χ1n) is 13.1. The van der Waals surface area contributed by atoms with E-state index in [1.165, 1.54) is 18.2 Å². The van der Waals surface area contributed by atoms with Crippen LogP contribution < -0.4 is 15.2 Å². The molecule has 0 saturated heterocycles. The highest BCUT2D eigenvalue weighted by molar-refractivity contribution is 5.76. The maximum absolute atomic E-state index is 12.5. The smallest absolute Gasteiger partial charge is 0.480 e. The van der Waals surface area contributed by atoms with Crippen LogP contribution >= 0.6 is 0 Å². The Balaban J connectivity index is 3.37. The third-order valence-corrected chi connectivity index (χ3v) is 5.25. The van der Waals surface area contributed by atoms with Gasteiger partial charge in [-0.05, 0) is 62.6 Å². The summed E-state index contributed by atoms with van der Waals surface area (Å²) in [5.41, 5.74) is 4.97. The Kier molecular flexibility index (Phi) is 12.0. The van der Waals surface area contributed by atoms with Gasteiger partial charge in [-0.2, -0.15) is 0 Å². The average Bonchev–Trinajstić information content (AvgIpc) is 2.79. The van der Waals surface area contributed by atoms with E-state index >= 15 is 0 Å². The highest BCUT2D eigenvalue weighted by Crippen LogP contribution is 2.35. The maximum atomic E-state index is 12.5. The lowest BCUT2D eigenvalue weighted by Gasteiger charge is -2.27. The lowest BCUT2D eigenvalue weighted by atomic mass is 9.86. The van der Waals surface area contributed by atoms with E-state index in [-0.39, 0.29) is 42.0 Å². The van der Waals surface area contributed by atoms with E-state index in [9.17, 15) is 24.3 Å². The maximum Gasteiger partial charge on any atom is 0.513 e. The molecule has 11 heteroatoms. The zero-order valence-electron chi connectivity index (χ0n) is 25.3. The zero-order chi connectivity index (χ0) is 31.1. The molecule has 2 unspecified atom stereocenters. The highest BCUT2D eigenvalue weighted by atomic mass is 16.7. The van der Waals surface area contributed by atoms with Gasteiger partial charge in [0, 0.05) is 5.92 Å². The van der Waals surface area contributed by atoms with Gasteiger partial charge in [-0.25, -0.2) is 9.59 Å². The number of ether oxygens (including phenoxy) is 5. The van der Waals surface area contributed by atoms with E-state index in [1.807, 2.05) is 41.5 Å². The van der Waals surface area contributed by atoms with Crippen molar-refractivity contribution < 1.29 is 48.0 Å². The second-order valence-electron chi connectivity index (χ2n) is 13.3. The molecular weight excluding hydrogens is 522 g/mol. The molecule has 0 aliphatic rings. The molecule has 3 N–H and O–H groups in total. The number of hydrogen-bond acceptors (Lipinski definition) is 10. The van der Waals surface area contributed by atoms with Crippen LogP contribution in [0.25, 0.3) is 0 Å². The second-order valence-corrected chi connectivity index (χ2v) is 13.3. The van der Waals surface area contributed by atoms with Gasteiger partial charge in [-0.3, -0.25) is 9.59 Å². The van der Waals surface area contributed by atoms with Crippen molar-refractivity contribution in [3.05, 3.63) is 23.8 Å². The van der Waals surface area contributed by atoms with Gasteiger partial charge in [0.2, 0.25) is 0 Å². The van der Waals surface area contributed by atoms with Crippen molar-refractivity contribution in [1.29, 1.82) is 0 Å². The summed E-state index contributed by atoms with van der Waals surface area (Å²) < 4.78 is 26.5. The van der Waals surface area contributed by atoms with Crippen LogP contribution in [-0.4, -0.2) is 54.7 Å². The van der Waals surface area contributed by atoms with Crippen LogP contribution in [0, 0.1) is 16.2 Å². The molecule has 0 spiro atoms. The third kappa shape index (κ3) is 12.7. The molecule has 0 bridgehead atoms. The fraction of sp³-hybridized carbons (Fsp3) is 0.655. The standard InChI is InChI=1S/C29H45NO10/c1-17(38-24(33)29(8,9)10)13-19(22(30)23(31)32)18-11-12-20(39-25(34)36-15-27(2,3)4)21(14-18)40-26(35)37-16-28(5,6)7/h11-12,14,17,19,22H,13,15-16,30H2,1-10H3,(H,31,32)/t17?,19?,22-/m0/s1. The van der Waals surface area contributed by atoms with Gasteiger partial charge in [-0.15, -0.1) is 0 Å². The Morgan fingerprint density at radius 3 is 1.73 bits per heavy atom. The van der Waals surface area contributed by atoms with Crippen LogP contribution in [0.5, 0.6) is 11.5 Å². The number of esters is 1. The molecule has 0 aliphatic heterocycles. The minimum atomic E-state index is -1.39. The van der Waals surface area contributed by atoms with Crippen LogP contribution in [0.3, 0.4) is 0 Å². The number of nitrogens with two attached hydrogens (primary N) is 1. The minimum Gasteiger partial charge on any atom is -0.480 e. The van der Waals surface area contributed by atoms with Gasteiger partial charge in [0.05, 0.1) is 24.7 Å². The van der Waals surface area contributed by atoms with Crippen LogP contribution in [0.2, 0.25) is 0 Å². The normalized spacial score (nSPS) is 14.4. The van der Waals surface area contributed by atoms with Gasteiger partial charge in [0.1, 0.15) is 6.04 Å². The number of aliphatic carboxylic acids is 1. The molecule has 1 aromatic carbocycles. The molecule has 1 aromatic rings. The van der Waals surface area contributed by atoms with Gasteiger partial charge in [0.25, 0.3) is 0 Å². The van der Waals surface area contributed by atoms with E-state index in [0.717, 1.165) is 0 Å². The van der Waals surface area contributed by atoms with Crippen LogP contribution in [0.15, 0.2) is 18.2 Å². The predicted octanol–water partition coefficient (Wildman–Crippen LogP) is 5.67. The fourth-order valence-corrected chi connectivity index (χ4v) is 3.14. The molecule has 0 fully saturated rings. The van der Waals surface area contributed by atoms with Crippen molar-refractivity contribution in [2.75, 3.05) is 13.2 Å². The van der Waals surface area contributed by atoms with Crippen molar-refractivity contribution in [2.24, 2.45) is 22.0 Å². The Hall–Kier alpha value is -3.34. The van der Waals surface area contributed by atoms with Gasteiger partial charge in [0.15, 0.2) is 11.5 Å². The highest BCUT2D eigenvalue weighted by Gasteiger charge is 2.32. The van der Waals surface area contributed by atoms with Crippen molar-refractivity contribution in [3.8, 4) is 11.5 Å². The summed E-state index contributed by atoms with van der Waals surface area (Å²) in [6.07, 6.45) is -2.70. The van der Waals surface area contributed by atoms with Crippen molar-refractivity contribution in [3.63, 3.8) is 0 Å². The van der Waals surface area contributed by atoms with Crippen LogP contribution in [0.4, 0.5) is 9.59 Å². The summed E-state index contributed by atoms with van der Waals surface area (Å²) >= 11 is 0. The molecule has 0 amide bonds. The van der Waals surface area contributed by atoms with Crippen LogP contribution in [-0.2, 0) is 23.8 Å². The molecule has 0 radical (unpaired) electrons. The third-order valence-electron chi connectivity index (χ3n) is 5.25. The Labute approximate surface area is 236 Å². The van der Waals surface area contributed by atoms with Crippen molar-refractivity contribution in [1.82, 2.24) is 0 Å². The fourth-order valence-electron chi connectivity index (χ4n) is 3.14. The summed E-state index contributed by atoms with van der Waals surface area (Å²) in [6, 6.07) is 2.79. The topological polar surface area (TPSA) is 161 Å². The number of hydrogen-bond donors (Lipinski definition) is 2. The number of carbonyl (C=O) groups is 4. The largest absolute Gasteiger partial charge is 0.513 e. The van der Waals surface area contributed by atoms with E-state index in [4.69, 9.17) is 29.4 Å². The molecule has 1 rings (SSSR count). The van der Waals surface area contributed by atoms with Crippen molar-refractivity contribution in [2.45, 2.75) is 93.7 Å². The van der Waals surface area contributed by atoms with E-state index in [1.54, 1.807) is 27.7 Å². The number of carboxylic acid groups (broad SMARTS) is 1. The minimum absolute atomic E-state index is 0.0526. The quantitative estimate of drug-likeness (QED) is 0.203. The van der Waals surface area contributed by atoms with E-state index in [2.05, 4.69) is 0 Å². The SMILES string of the molecule is CC(CC(c1ccc(OC(=O)OCC(C)(C)C)c(OC(=O)OCC(C)(C)C)c1)[C@H](N)C(=O)O)OC(=O)C(C)(C)C. The number of rotatable bonds is 10. The van der Waals surface area contributed by atoms with Gasteiger partial charge in [-0.1, -0.05) is 47.6 Å². The summed E-state index contributed by atoms with van der Waals surface area (Å²) in [5.74, 6) is -2.95. The molecule has 0 saturated carbocycles. The number of carbonyl (C=O) groups excluding carboxylic acids is 3. The predicted molar refractivity (Wildman–Crippen MR) is 147 cm³/mol. The Morgan fingerprint density at radius 2 is 1.30 bits per heavy atom. The molecule has 40 heavy (non-hydrogen) atoms. The second kappa shape index (κ2) is 13.8. The number of benzene rings is 1. The van der Waals surface area contributed by atoms with Gasteiger partial charge >= 0.3 is 24.2 Å². The number of carboxylic acids is 1. The van der Waals surface area contributed by atoms with Gasteiger partial charge < -0.3 is 34.5 Å². The van der Waals surface area contributed by atoms with Crippen LogP contribution in [0.1, 0.15) is 87.1 Å². The molecule has 226 valence electrons.